The van der Waals surface area contributed by atoms with Crippen molar-refractivity contribution in [3.8, 4) is 11.4 Å². The molecular weight excluding hydrogens is 412 g/mol. The van der Waals surface area contributed by atoms with E-state index < -0.39 is 0 Å². The van der Waals surface area contributed by atoms with Gasteiger partial charge in [-0.1, -0.05) is 12.1 Å². The second-order valence-electron chi connectivity index (χ2n) is 7.71. The van der Waals surface area contributed by atoms with Gasteiger partial charge in [0.25, 0.3) is 5.91 Å². The highest BCUT2D eigenvalue weighted by Gasteiger charge is 2.19. The van der Waals surface area contributed by atoms with E-state index in [0.717, 1.165) is 33.9 Å². The number of amides is 1. The maximum Gasteiger partial charge on any atom is 0.253 e. The van der Waals surface area contributed by atoms with Crippen LogP contribution in [0.4, 0.5) is 0 Å². The molecule has 0 unspecified atom stereocenters. The van der Waals surface area contributed by atoms with Gasteiger partial charge in [-0.2, -0.15) is 0 Å². The van der Waals surface area contributed by atoms with Crippen LogP contribution >= 0.6 is 11.6 Å². The zero-order chi connectivity index (χ0) is 22.3. The summed E-state index contributed by atoms with van der Waals surface area (Å²) in [5, 5.41) is 0.400. The summed E-state index contributed by atoms with van der Waals surface area (Å²) in [5.74, 6) is 0.744. The lowest BCUT2D eigenvalue weighted by atomic mass is 10.1. The maximum absolute atomic E-state index is 13.1. The Labute approximate surface area is 186 Å². The summed E-state index contributed by atoms with van der Waals surface area (Å²) in [5.41, 5.74) is 6.42. The third-order valence-corrected chi connectivity index (χ3v) is 6.03. The molecule has 0 spiro atoms. The van der Waals surface area contributed by atoms with Gasteiger partial charge in [-0.3, -0.25) is 4.79 Å². The first kappa shape index (κ1) is 21.0. The molecular formula is C24H25ClN4O2. The molecule has 6 nitrogen and oxygen atoms in total. The quantitative estimate of drug-likeness (QED) is 0.446. The van der Waals surface area contributed by atoms with Crippen LogP contribution in [-0.2, 0) is 13.6 Å². The number of hydrogen-bond donors (Lipinski definition) is 0. The number of ether oxygens (including phenoxy) is 1. The van der Waals surface area contributed by atoms with E-state index >= 15 is 0 Å². The van der Waals surface area contributed by atoms with Gasteiger partial charge >= 0.3 is 0 Å². The van der Waals surface area contributed by atoms with E-state index in [0.29, 0.717) is 22.9 Å². The minimum Gasteiger partial charge on any atom is -0.495 e. The first-order chi connectivity index (χ1) is 14.8. The predicted octanol–water partition coefficient (Wildman–Crippen LogP) is 4.92. The standard InChI is InChI=1S/C24H25ClN4O2/c1-15-12-18(16(2)29(15)21-8-6-7-9-22(21)31-5)14-27(3)23(30)17-10-11-20-19(13-17)26-24(25)28(20)4/h6-13H,14H2,1-5H3. The zero-order valence-electron chi connectivity index (χ0n) is 18.3. The van der Waals surface area contributed by atoms with Crippen LogP contribution in [0.3, 0.4) is 0 Å². The Kier molecular flexibility index (Phi) is 5.50. The lowest BCUT2D eigenvalue weighted by Crippen LogP contribution is -2.26. The number of nitrogens with zero attached hydrogens (tertiary/aromatic N) is 4. The van der Waals surface area contributed by atoms with E-state index in [1.165, 1.54) is 0 Å². The Hall–Kier alpha value is -3.25. The van der Waals surface area contributed by atoms with Gasteiger partial charge in [0.1, 0.15) is 5.75 Å². The van der Waals surface area contributed by atoms with Crippen molar-refractivity contribution in [2.24, 2.45) is 7.05 Å². The van der Waals surface area contributed by atoms with Gasteiger partial charge in [-0.25, -0.2) is 4.98 Å². The molecule has 0 bridgehead atoms. The van der Waals surface area contributed by atoms with E-state index in [1.54, 1.807) is 22.6 Å². The van der Waals surface area contributed by atoms with E-state index in [2.05, 4.69) is 29.5 Å². The van der Waals surface area contributed by atoms with Gasteiger partial charge in [0, 0.05) is 37.6 Å². The van der Waals surface area contributed by atoms with Crippen molar-refractivity contribution in [1.82, 2.24) is 19.0 Å². The van der Waals surface area contributed by atoms with E-state index in [-0.39, 0.29) is 5.91 Å². The number of carbonyl (C=O) groups excluding carboxylic acids is 1. The highest BCUT2D eigenvalue weighted by atomic mass is 35.5. The average molecular weight is 437 g/mol. The summed E-state index contributed by atoms with van der Waals surface area (Å²) in [6.07, 6.45) is 0. The number of carbonyl (C=O) groups is 1. The lowest BCUT2D eigenvalue weighted by molar-refractivity contribution is 0.0785. The molecule has 4 aromatic rings. The number of methoxy groups -OCH3 is 1. The van der Waals surface area contributed by atoms with E-state index in [1.807, 2.05) is 50.5 Å². The molecule has 0 N–H and O–H groups in total. The third kappa shape index (κ3) is 3.68. The molecule has 31 heavy (non-hydrogen) atoms. The van der Waals surface area contributed by atoms with Crippen molar-refractivity contribution in [2.75, 3.05) is 14.2 Å². The van der Waals surface area contributed by atoms with Crippen molar-refractivity contribution in [2.45, 2.75) is 20.4 Å². The molecule has 0 saturated heterocycles. The van der Waals surface area contributed by atoms with Crippen LogP contribution in [0.2, 0.25) is 5.28 Å². The van der Waals surface area contributed by atoms with Crippen LogP contribution in [0.25, 0.3) is 16.7 Å². The molecule has 2 heterocycles. The van der Waals surface area contributed by atoms with Gasteiger partial charge < -0.3 is 18.8 Å². The molecule has 0 fully saturated rings. The molecule has 0 aliphatic heterocycles. The van der Waals surface area contributed by atoms with Crippen LogP contribution in [0, 0.1) is 13.8 Å². The second kappa shape index (κ2) is 8.12. The van der Waals surface area contributed by atoms with Crippen LogP contribution in [0.5, 0.6) is 5.75 Å². The molecule has 2 aromatic heterocycles. The fraction of sp³-hybridized carbons (Fsp3) is 0.250. The van der Waals surface area contributed by atoms with Crippen LogP contribution in [0.1, 0.15) is 27.3 Å². The second-order valence-corrected chi connectivity index (χ2v) is 8.05. The number of hydrogen-bond acceptors (Lipinski definition) is 3. The maximum atomic E-state index is 13.1. The molecule has 0 aliphatic carbocycles. The Morgan fingerprint density at radius 1 is 1.16 bits per heavy atom. The number of rotatable bonds is 5. The zero-order valence-corrected chi connectivity index (χ0v) is 19.1. The van der Waals surface area contributed by atoms with Crippen molar-refractivity contribution in [1.29, 1.82) is 0 Å². The van der Waals surface area contributed by atoms with Crippen molar-refractivity contribution in [3.63, 3.8) is 0 Å². The fourth-order valence-corrected chi connectivity index (χ4v) is 4.21. The van der Waals surface area contributed by atoms with Crippen molar-refractivity contribution in [3.05, 3.63) is 76.3 Å². The van der Waals surface area contributed by atoms with Gasteiger partial charge in [0.2, 0.25) is 5.28 Å². The number of benzene rings is 2. The molecule has 0 saturated carbocycles. The lowest BCUT2D eigenvalue weighted by Gasteiger charge is -2.18. The summed E-state index contributed by atoms with van der Waals surface area (Å²) < 4.78 is 9.49. The number of imidazole rings is 1. The summed E-state index contributed by atoms with van der Waals surface area (Å²) in [7, 11) is 5.34. The number of fused-ring (bicyclic) bond motifs is 1. The van der Waals surface area contributed by atoms with E-state index in [9.17, 15) is 4.79 Å². The highest BCUT2D eigenvalue weighted by molar-refractivity contribution is 6.29. The Morgan fingerprint density at radius 3 is 2.65 bits per heavy atom. The van der Waals surface area contributed by atoms with Gasteiger partial charge in [-0.15, -0.1) is 0 Å². The van der Waals surface area contributed by atoms with Crippen molar-refractivity contribution >= 4 is 28.5 Å². The Balaban J connectivity index is 1.62. The number of halogens is 1. The van der Waals surface area contributed by atoms with Gasteiger partial charge in [-0.05, 0) is 67.4 Å². The van der Waals surface area contributed by atoms with Gasteiger partial charge in [0.15, 0.2) is 0 Å². The molecule has 4 rings (SSSR count). The SMILES string of the molecule is COc1ccccc1-n1c(C)cc(CN(C)C(=O)c2ccc3c(c2)nc(Cl)n3C)c1C. The van der Waals surface area contributed by atoms with Gasteiger partial charge in [0.05, 0.1) is 23.8 Å². The number of aromatic nitrogens is 3. The predicted molar refractivity (Wildman–Crippen MR) is 123 cm³/mol. The molecule has 0 aliphatic rings. The minimum atomic E-state index is -0.0641. The molecule has 7 heteroatoms. The summed E-state index contributed by atoms with van der Waals surface area (Å²) in [6, 6.07) is 15.5. The fourth-order valence-electron chi connectivity index (χ4n) is 4.03. The van der Waals surface area contributed by atoms with Crippen molar-refractivity contribution < 1.29 is 9.53 Å². The largest absolute Gasteiger partial charge is 0.495 e. The highest BCUT2D eigenvalue weighted by Crippen LogP contribution is 2.28. The topological polar surface area (TPSA) is 52.3 Å². The first-order valence-electron chi connectivity index (χ1n) is 10.0. The average Bonchev–Trinajstić information content (AvgIpc) is 3.21. The van der Waals surface area contributed by atoms with E-state index in [4.69, 9.17) is 16.3 Å². The van der Waals surface area contributed by atoms with Crippen LogP contribution in [-0.4, -0.2) is 39.1 Å². The molecule has 2 aromatic carbocycles. The molecule has 0 radical (unpaired) electrons. The number of aryl methyl sites for hydroxylation is 2. The molecule has 160 valence electrons. The normalized spacial score (nSPS) is 11.2. The molecule has 0 atom stereocenters. The summed E-state index contributed by atoms with van der Waals surface area (Å²) >= 11 is 6.11. The first-order valence-corrected chi connectivity index (χ1v) is 10.4. The summed E-state index contributed by atoms with van der Waals surface area (Å²) in [6.45, 7) is 4.62. The van der Waals surface area contributed by atoms with Crippen LogP contribution in [0.15, 0.2) is 48.5 Å². The minimum absolute atomic E-state index is 0.0641. The smallest absolute Gasteiger partial charge is 0.253 e. The van der Waals surface area contributed by atoms with Crippen LogP contribution < -0.4 is 4.74 Å². The third-order valence-electron chi connectivity index (χ3n) is 5.69. The Morgan fingerprint density at radius 2 is 1.90 bits per heavy atom. The monoisotopic (exact) mass is 436 g/mol. The number of para-hydroxylation sites is 2. The summed E-state index contributed by atoms with van der Waals surface area (Å²) in [4.78, 5) is 19.1. The Bertz CT molecular complexity index is 1290. The molecule has 1 amide bonds.